The molecule has 1 atom stereocenters. The van der Waals surface area contributed by atoms with E-state index in [4.69, 9.17) is 5.73 Å². The van der Waals surface area contributed by atoms with Crippen molar-refractivity contribution in [2.24, 2.45) is 11.7 Å². The van der Waals surface area contributed by atoms with Crippen molar-refractivity contribution in [3.8, 4) is 0 Å². The van der Waals surface area contributed by atoms with Crippen LogP contribution in [0.4, 0.5) is 5.69 Å². The lowest BCUT2D eigenvalue weighted by atomic mass is 10.1. The Kier molecular flexibility index (Phi) is 4.68. The number of rotatable bonds is 6. The second-order valence-electron chi connectivity index (χ2n) is 5.38. The van der Waals surface area contributed by atoms with E-state index in [1.807, 2.05) is 0 Å². The lowest BCUT2D eigenvalue weighted by Gasteiger charge is -2.28. The number of nitrogens with two attached hydrogens (primary N) is 1. The van der Waals surface area contributed by atoms with Gasteiger partial charge in [0.1, 0.15) is 0 Å². The normalized spacial score (nSPS) is 16.7. The zero-order valence-electron chi connectivity index (χ0n) is 11.3. The third-order valence-corrected chi connectivity index (χ3v) is 3.99. The molecule has 1 fully saturated rings. The van der Waals surface area contributed by atoms with Gasteiger partial charge in [-0.15, -0.1) is 0 Å². The van der Waals surface area contributed by atoms with Crippen molar-refractivity contribution >= 4 is 21.6 Å². The maximum Gasteiger partial charge on any atom is 0.0425 e. The molecule has 0 amide bonds. The predicted octanol–water partition coefficient (Wildman–Crippen LogP) is 4.10. The number of benzene rings is 1. The first-order chi connectivity index (χ1) is 8.61. The van der Waals surface area contributed by atoms with Crippen LogP contribution in [-0.4, -0.2) is 13.1 Å². The highest BCUT2D eigenvalue weighted by molar-refractivity contribution is 9.10. The minimum absolute atomic E-state index is 0.0895. The molecule has 100 valence electrons. The molecule has 0 heterocycles. The summed E-state index contributed by atoms with van der Waals surface area (Å²) >= 11 is 3.58. The lowest BCUT2D eigenvalue weighted by Crippen LogP contribution is -2.28. The molecule has 1 aliphatic carbocycles. The topological polar surface area (TPSA) is 29.3 Å². The van der Waals surface area contributed by atoms with Crippen LogP contribution in [0, 0.1) is 5.92 Å². The maximum absolute atomic E-state index is 6.10. The largest absolute Gasteiger partial charge is 0.371 e. The van der Waals surface area contributed by atoms with E-state index in [-0.39, 0.29) is 6.04 Å². The molecule has 1 saturated carbocycles. The van der Waals surface area contributed by atoms with Crippen LogP contribution in [-0.2, 0) is 0 Å². The second-order valence-corrected chi connectivity index (χ2v) is 6.30. The summed E-state index contributed by atoms with van der Waals surface area (Å²) in [6.07, 6.45) is 3.96. The first kappa shape index (κ1) is 13.9. The minimum Gasteiger partial charge on any atom is -0.371 e. The Balaban J connectivity index is 2.27. The molecule has 2 N–H and O–H groups in total. The Hall–Kier alpha value is -0.540. The summed E-state index contributed by atoms with van der Waals surface area (Å²) in [7, 11) is 0. The van der Waals surface area contributed by atoms with Crippen molar-refractivity contribution in [1.82, 2.24) is 0 Å². The number of hydrogen-bond acceptors (Lipinski definition) is 2. The van der Waals surface area contributed by atoms with E-state index in [1.54, 1.807) is 0 Å². The first-order valence-electron chi connectivity index (χ1n) is 6.91. The standard InChI is InChI=1S/C15H23BrN2/c1-3-8-18(10-12-4-5-12)15-9-13(16)6-7-14(15)11(2)17/h6-7,9,11-12H,3-5,8,10,17H2,1-2H3. The lowest BCUT2D eigenvalue weighted by molar-refractivity contribution is 0.696. The van der Waals surface area contributed by atoms with Gasteiger partial charge in [0.15, 0.2) is 0 Å². The summed E-state index contributed by atoms with van der Waals surface area (Å²) in [6.45, 7) is 6.61. The van der Waals surface area contributed by atoms with Crippen molar-refractivity contribution in [3.05, 3.63) is 28.2 Å². The van der Waals surface area contributed by atoms with E-state index in [1.165, 1.54) is 37.1 Å². The Morgan fingerprint density at radius 3 is 2.72 bits per heavy atom. The van der Waals surface area contributed by atoms with Crippen molar-refractivity contribution < 1.29 is 0 Å². The Labute approximate surface area is 119 Å². The van der Waals surface area contributed by atoms with E-state index < -0.39 is 0 Å². The quantitative estimate of drug-likeness (QED) is 0.857. The Morgan fingerprint density at radius 1 is 1.44 bits per heavy atom. The van der Waals surface area contributed by atoms with Crippen molar-refractivity contribution in [2.75, 3.05) is 18.0 Å². The van der Waals surface area contributed by atoms with Gasteiger partial charge in [-0.3, -0.25) is 0 Å². The maximum atomic E-state index is 6.10. The van der Waals surface area contributed by atoms with Gasteiger partial charge in [-0.05, 0) is 49.8 Å². The van der Waals surface area contributed by atoms with Gasteiger partial charge in [0.2, 0.25) is 0 Å². The molecule has 0 radical (unpaired) electrons. The highest BCUT2D eigenvalue weighted by atomic mass is 79.9. The molecule has 1 aromatic rings. The van der Waals surface area contributed by atoms with E-state index in [2.05, 4.69) is 52.9 Å². The minimum atomic E-state index is 0.0895. The summed E-state index contributed by atoms with van der Waals surface area (Å²) in [4.78, 5) is 2.52. The highest BCUT2D eigenvalue weighted by Gasteiger charge is 2.25. The van der Waals surface area contributed by atoms with Crippen LogP contribution in [0.15, 0.2) is 22.7 Å². The summed E-state index contributed by atoms with van der Waals surface area (Å²) in [5, 5.41) is 0. The fraction of sp³-hybridized carbons (Fsp3) is 0.600. The van der Waals surface area contributed by atoms with Crippen molar-refractivity contribution in [1.29, 1.82) is 0 Å². The predicted molar refractivity (Wildman–Crippen MR) is 82.0 cm³/mol. The van der Waals surface area contributed by atoms with Gasteiger partial charge in [-0.2, -0.15) is 0 Å². The van der Waals surface area contributed by atoms with E-state index in [0.29, 0.717) is 0 Å². The van der Waals surface area contributed by atoms with E-state index >= 15 is 0 Å². The molecule has 2 rings (SSSR count). The molecule has 1 aromatic carbocycles. The third kappa shape index (κ3) is 3.48. The van der Waals surface area contributed by atoms with Crippen LogP contribution in [0.25, 0.3) is 0 Å². The molecule has 0 aliphatic heterocycles. The van der Waals surface area contributed by atoms with Crippen LogP contribution in [0.5, 0.6) is 0 Å². The van der Waals surface area contributed by atoms with Crippen LogP contribution in [0.2, 0.25) is 0 Å². The molecular formula is C15H23BrN2. The number of anilines is 1. The monoisotopic (exact) mass is 310 g/mol. The molecule has 0 spiro atoms. The number of hydrogen-bond donors (Lipinski definition) is 1. The zero-order chi connectivity index (χ0) is 13.1. The van der Waals surface area contributed by atoms with Gasteiger partial charge in [0.25, 0.3) is 0 Å². The summed E-state index contributed by atoms with van der Waals surface area (Å²) in [5.74, 6) is 0.900. The van der Waals surface area contributed by atoms with Gasteiger partial charge in [-0.1, -0.05) is 28.9 Å². The average molecular weight is 311 g/mol. The van der Waals surface area contributed by atoms with Crippen LogP contribution < -0.4 is 10.6 Å². The van der Waals surface area contributed by atoms with Crippen molar-refractivity contribution in [3.63, 3.8) is 0 Å². The molecular weight excluding hydrogens is 288 g/mol. The first-order valence-corrected chi connectivity index (χ1v) is 7.71. The van der Waals surface area contributed by atoms with Gasteiger partial charge >= 0.3 is 0 Å². The summed E-state index contributed by atoms with van der Waals surface area (Å²) < 4.78 is 1.14. The smallest absolute Gasteiger partial charge is 0.0425 e. The molecule has 0 bridgehead atoms. The van der Waals surface area contributed by atoms with Crippen LogP contribution in [0.1, 0.15) is 44.7 Å². The molecule has 3 heteroatoms. The Morgan fingerprint density at radius 2 is 2.17 bits per heavy atom. The SMILES string of the molecule is CCCN(CC1CC1)c1cc(Br)ccc1C(C)N. The average Bonchev–Trinajstić information content (AvgIpc) is 3.12. The van der Waals surface area contributed by atoms with Gasteiger partial charge in [0, 0.05) is 29.3 Å². The van der Waals surface area contributed by atoms with Crippen molar-refractivity contribution in [2.45, 2.75) is 39.2 Å². The Bertz CT molecular complexity index is 399. The highest BCUT2D eigenvalue weighted by Crippen LogP contribution is 2.34. The van der Waals surface area contributed by atoms with Crippen LogP contribution >= 0.6 is 15.9 Å². The second kappa shape index (κ2) is 6.07. The van der Waals surface area contributed by atoms with Gasteiger partial charge < -0.3 is 10.6 Å². The van der Waals surface area contributed by atoms with Gasteiger partial charge in [0.05, 0.1) is 0 Å². The molecule has 1 unspecified atom stereocenters. The fourth-order valence-electron chi connectivity index (χ4n) is 2.37. The van der Waals surface area contributed by atoms with Gasteiger partial charge in [-0.25, -0.2) is 0 Å². The zero-order valence-corrected chi connectivity index (χ0v) is 12.9. The van der Waals surface area contributed by atoms with Crippen LogP contribution in [0.3, 0.4) is 0 Å². The van der Waals surface area contributed by atoms with E-state index in [0.717, 1.165) is 16.9 Å². The fourth-order valence-corrected chi connectivity index (χ4v) is 2.72. The molecule has 1 aliphatic rings. The number of halogens is 1. The third-order valence-electron chi connectivity index (χ3n) is 3.49. The van der Waals surface area contributed by atoms with E-state index in [9.17, 15) is 0 Å². The summed E-state index contributed by atoms with van der Waals surface area (Å²) in [6, 6.07) is 6.55. The number of nitrogens with zero attached hydrogens (tertiary/aromatic N) is 1. The summed E-state index contributed by atoms with van der Waals surface area (Å²) in [5.41, 5.74) is 8.67. The molecule has 2 nitrogen and oxygen atoms in total. The molecule has 0 saturated heterocycles. The molecule has 18 heavy (non-hydrogen) atoms. The molecule has 0 aromatic heterocycles.